The number of nitrogens with zero attached hydrogens (tertiary/aromatic N) is 3. The van der Waals surface area contributed by atoms with Crippen LogP contribution in [0.2, 0.25) is 0 Å². The van der Waals surface area contributed by atoms with Gasteiger partial charge in [-0.3, -0.25) is 14.5 Å². The van der Waals surface area contributed by atoms with E-state index in [-0.39, 0.29) is 24.2 Å². The van der Waals surface area contributed by atoms with Crippen LogP contribution in [0.25, 0.3) is 0 Å². The molecule has 1 unspecified atom stereocenters. The summed E-state index contributed by atoms with van der Waals surface area (Å²) in [4.78, 5) is 27.6. The second kappa shape index (κ2) is 3.46. The second-order valence-corrected chi connectivity index (χ2v) is 3.90. The van der Waals surface area contributed by atoms with E-state index in [4.69, 9.17) is 5.73 Å². The zero-order chi connectivity index (χ0) is 11.0. The molecule has 2 amide bonds. The summed E-state index contributed by atoms with van der Waals surface area (Å²) in [6.07, 6.45) is 0.148. The van der Waals surface area contributed by atoms with Gasteiger partial charge >= 0.3 is 0 Å². The average Bonchev–Trinajstić information content (AvgIpc) is 2.68. The summed E-state index contributed by atoms with van der Waals surface area (Å²) < 4.78 is 3.76. The molecule has 0 saturated carbocycles. The molecule has 1 fully saturated rings. The number of carbonyl (C=O) groups is 2. The quantitative estimate of drug-likeness (QED) is 0.647. The van der Waals surface area contributed by atoms with Crippen molar-refractivity contribution in [3.8, 4) is 0 Å². The molecule has 80 valence electrons. The largest absolute Gasteiger partial charge is 0.367 e. The fourth-order valence-electron chi connectivity index (χ4n) is 1.31. The Morgan fingerprint density at radius 2 is 2.33 bits per heavy atom. The minimum atomic E-state index is -0.546. The smallest absolute Gasteiger partial charge is 0.251 e. The monoisotopic (exact) mass is 227 g/mol. The number of likely N-dealkylation sites (tertiary alicyclic amines) is 1. The molecule has 8 heteroatoms. The Kier molecular flexibility index (Phi) is 2.27. The van der Waals surface area contributed by atoms with E-state index in [0.29, 0.717) is 5.13 Å². The molecule has 2 heterocycles. The van der Waals surface area contributed by atoms with Gasteiger partial charge in [-0.05, 0) is 0 Å². The fraction of sp³-hybridized carbons (Fsp3) is 0.429. The van der Waals surface area contributed by atoms with Crippen molar-refractivity contribution in [3.63, 3.8) is 0 Å². The van der Waals surface area contributed by atoms with Gasteiger partial charge in [-0.1, -0.05) is 0 Å². The lowest BCUT2D eigenvalue weighted by molar-refractivity contribution is -0.136. The highest BCUT2D eigenvalue weighted by molar-refractivity contribution is 7.09. The van der Waals surface area contributed by atoms with Crippen LogP contribution in [0.3, 0.4) is 0 Å². The van der Waals surface area contributed by atoms with Gasteiger partial charge in [0.2, 0.25) is 17.0 Å². The van der Waals surface area contributed by atoms with E-state index < -0.39 is 6.04 Å². The summed E-state index contributed by atoms with van der Waals surface area (Å²) in [7, 11) is 1.46. The Bertz CT molecular complexity index is 417. The maximum Gasteiger partial charge on any atom is 0.251 e. The molecule has 2 rings (SSSR count). The summed E-state index contributed by atoms with van der Waals surface area (Å²) in [5, 5.41) is 3.28. The zero-order valence-corrected chi connectivity index (χ0v) is 8.74. The first kappa shape index (κ1) is 9.84. The molecule has 1 saturated heterocycles. The second-order valence-electron chi connectivity index (χ2n) is 3.15. The Morgan fingerprint density at radius 3 is 2.80 bits per heavy atom. The average molecular weight is 227 g/mol. The topological polar surface area (TPSA) is 101 Å². The fourth-order valence-corrected chi connectivity index (χ4v) is 1.86. The van der Waals surface area contributed by atoms with Crippen molar-refractivity contribution in [2.24, 2.45) is 0 Å². The number of hydrogen-bond donors (Lipinski definition) is 2. The van der Waals surface area contributed by atoms with Crippen LogP contribution >= 0.6 is 11.5 Å². The molecule has 1 atom stereocenters. The molecule has 7 nitrogen and oxygen atoms in total. The number of nitrogens with two attached hydrogens (primary N) is 1. The van der Waals surface area contributed by atoms with E-state index in [9.17, 15) is 9.59 Å². The molecule has 0 radical (unpaired) electrons. The molecule has 1 aromatic heterocycles. The third-order valence-corrected chi connectivity index (χ3v) is 2.78. The van der Waals surface area contributed by atoms with Crippen molar-refractivity contribution in [1.82, 2.24) is 14.3 Å². The number of rotatable bonds is 2. The summed E-state index contributed by atoms with van der Waals surface area (Å²) in [6.45, 7) is 0. The number of hydrogen-bond acceptors (Lipinski definition) is 7. The number of carbonyl (C=O) groups excluding carboxylic acids is 2. The van der Waals surface area contributed by atoms with Crippen LogP contribution in [0.1, 0.15) is 6.42 Å². The molecular formula is C7H9N5O2S. The van der Waals surface area contributed by atoms with Crippen LogP contribution in [0.5, 0.6) is 0 Å². The molecule has 1 aromatic rings. The third-order valence-electron chi connectivity index (χ3n) is 2.12. The van der Waals surface area contributed by atoms with Crippen LogP contribution in [-0.4, -0.2) is 39.2 Å². The number of likely N-dealkylation sites (N-methyl/N-ethyl adjacent to an activating group) is 1. The van der Waals surface area contributed by atoms with Crippen molar-refractivity contribution in [3.05, 3.63) is 0 Å². The van der Waals surface area contributed by atoms with Crippen molar-refractivity contribution in [2.45, 2.75) is 12.5 Å². The minimum Gasteiger partial charge on any atom is -0.367 e. The molecule has 1 aliphatic rings. The number of anilines is 2. The normalized spacial score (nSPS) is 21.1. The lowest BCUT2D eigenvalue weighted by Crippen LogP contribution is -2.31. The number of aromatic nitrogens is 2. The highest BCUT2D eigenvalue weighted by Gasteiger charge is 2.36. The molecule has 0 bridgehead atoms. The van der Waals surface area contributed by atoms with Gasteiger partial charge in [-0.25, -0.2) is 0 Å². The van der Waals surface area contributed by atoms with Gasteiger partial charge in [0.1, 0.15) is 6.04 Å². The molecule has 1 aliphatic heterocycles. The summed E-state index contributed by atoms with van der Waals surface area (Å²) in [5.41, 5.74) is 5.33. The first-order valence-electron chi connectivity index (χ1n) is 4.24. The highest BCUT2D eigenvalue weighted by atomic mass is 32.1. The van der Waals surface area contributed by atoms with Crippen LogP contribution in [0.4, 0.5) is 11.1 Å². The van der Waals surface area contributed by atoms with E-state index in [1.165, 1.54) is 7.05 Å². The number of nitrogens with one attached hydrogen (secondary N) is 1. The molecular weight excluding hydrogens is 218 g/mol. The first-order chi connectivity index (χ1) is 7.08. The maximum atomic E-state index is 11.5. The van der Waals surface area contributed by atoms with Crippen LogP contribution in [-0.2, 0) is 9.59 Å². The molecule has 0 aromatic carbocycles. The molecule has 0 spiro atoms. The zero-order valence-electron chi connectivity index (χ0n) is 7.93. The molecule has 0 aliphatic carbocycles. The van der Waals surface area contributed by atoms with Gasteiger partial charge in [-0.2, -0.15) is 9.36 Å². The van der Waals surface area contributed by atoms with Crippen molar-refractivity contribution in [1.29, 1.82) is 0 Å². The van der Waals surface area contributed by atoms with Crippen LogP contribution in [0, 0.1) is 0 Å². The SMILES string of the molecule is CN1C(=O)CC(Nc2nc(N)ns2)C1=O. The van der Waals surface area contributed by atoms with E-state index in [1.54, 1.807) is 0 Å². The summed E-state index contributed by atoms with van der Waals surface area (Å²) >= 11 is 1.06. The first-order valence-corrected chi connectivity index (χ1v) is 5.01. The van der Waals surface area contributed by atoms with E-state index >= 15 is 0 Å². The Labute approximate surface area is 89.4 Å². The Balaban J connectivity index is 2.08. The van der Waals surface area contributed by atoms with Gasteiger partial charge < -0.3 is 11.1 Å². The third kappa shape index (κ3) is 1.75. The van der Waals surface area contributed by atoms with E-state index in [1.807, 2.05) is 0 Å². The van der Waals surface area contributed by atoms with E-state index in [2.05, 4.69) is 14.7 Å². The Morgan fingerprint density at radius 1 is 1.60 bits per heavy atom. The van der Waals surface area contributed by atoms with Crippen LogP contribution < -0.4 is 11.1 Å². The lowest BCUT2D eigenvalue weighted by atomic mass is 10.2. The maximum absolute atomic E-state index is 11.5. The van der Waals surface area contributed by atoms with Gasteiger partial charge in [0.15, 0.2) is 0 Å². The van der Waals surface area contributed by atoms with Gasteiger partial charge in [0.05, 0.1) is 6.42 Å². The predicted octanol–water partition coefficient (Wildman–Crippen LogP) is -0.711. The number of imide groups is 1. The summed E-state index contributed by atoms with van der Waals surface area (Å²) in [5.74, 6) is -0.295. The molecule has 3 N–H and O–H groups in total. The number of nitrogen functional groups attached to an aromatic ring is 1. The molecule has 15 heavy (non-hydrogen) atoms. The summed E-state index contributed by atoms with van der Waals surface area (Å²) in [6, 6.07) is -0.546. The van der Waals surface area contributed by atoms with Crippen molar-refractivity contribution < 1.29 is 9.59 Å². The van der Waals surface area contributed by atoms with Gasteiger partial charge in [0.25, 0.3) is 5.91 Å². The van der Waals surface area contributed by atoms with Crippen molar-refractivity contribution >= 4 is 34.4 Å². The predicted molar refractivity (Wildman–Crippen MR) is 54.1 cm³/mol. The lowest BCUT2D eigenvalue weighted by Gasteiger charge is -2.08. The number of amides is 2. The van der Waals surface area contributed by atoms with Gasteiger partial charge in [0, 0.05) is 18.6 Å². The minimum absolute atomic E-state index is 0.148. The Hall–Kier alpha value is -1.70. The van der Waals surface area contributed by atoms with Crippen molar-refractivity contribution in [2.75, 3.05) is 18.1 Å². The highest BCUT2D eigenvalue weighted by Crippen LogP contribution is 2.18. The van der Waals surface area contributed by atoms with Crippen LogP contribution in [0.15, 0.2) is 0 Å². The van der Waals surface area contributed by atoms with Gasteiger partial charge in [-0.15, -0.1) is 0 Å². The van der Waals surface area contributed by atoms with E-state index in [0.717, 1.165) is 16.4 Å². The standard InChI is InChI=1S/C7H9N5O2S/c1-12-4(13)2-3(5(12)14)9-7-10-6(8)11-15-7/h3H,2H2,1H3,(H3,8,9,10,11).